The molecule has 0 aliphatic heterocycles. The smallest absolute Gasteiger partial charge is 0.280 e. The maximum Gasteiger partial charge on any atom is 0.416 e. The van der Waals surface area contributed by atoms with Gasteiger partial charge in [0.2, 0.25) is 5.52 Å². The Bertz CT molecular complexity index is 3010. The largest absolute Gasteiger partial charge is 0.416 e. The van der Waals surface area contributed by atoms with Gasteiger partial charge in [-0.1, -0.05) is 91.0 Å². The van der Waals surface area contributed by atoms with Crippen molar-refractivity contribution in [3.05, 3.63) is 205 Å². The van der Waals surface area contributed by atoms with Crippen LogP contribution in [0.2, 0.25) is 0 Å². The molecule has 5 nitrogen and oxygen atoms in total. The molecule has 0 spiro atoms. The zero-order valence-electron chi connectivity index (χ0n) is 39.0. The van der Waals surface area contributed by atoms with Gasteiger partial charge in [-0.3, -0.25) is 14.9 Å². The van der Waals surface area contributed by atoms with Crippen LogP contribution in [-0.4, -0.2) is 23.4 Å². The lowest BCUT2D eigenvalue weighted by Crippen LogP contribution is -2.75. The highest BCUT2D eigenvalue weighted by Crippen LogP contribution is 2.41. The van der Waals surface area contributed by atoms with E-state index in [1.54, 1.807) is 6.07 Å². The summed E-state index contributed by atoms with van der Waals surface area (Å²) in [6, 6.07) is 12.1. The summed E-state index contributed by atoms with van der Waals surface area (Å²) in [7, 11) is 0. The molecule has 7 rings (SSSR count). The summed E-state index contributed by atoms with van der Waals surface area (Å²) >= 11 is 0. The van der Waals surface area contributed by atoms with Crippen LogP contribution in [0.15, 0.2) is 140 Å². The second-order valence-corrected chi connectivity index (χ2v) is 17.5. The number of hydrogen-bond donors (Lipinski definition) is 0. The molecule has 0 unspecified atom stereocenters. The van der Waals surface area contributed by atoms with Gasteiger partial charge in [0, 0.05) is 28.0 Å². The minimum absolute atomic E-state index is 0.351. The highest BCUT2D eigenvalue weighted by molar-refractivity contribution is 7.20. The third-order valence-electron chi connectivity index (χ3n) is 12.1. The first-order chi connectivity index (χ1) is 36.4. The zero-order valence-corrected chi connectivity index (χ0v) is 39.0. The van der Waals surface area contributed by atoms with Crippen LogP contribution in [0.25, 0.3) is 10.9 Å². The predicted octanol–water partition coefficient (Wildman–Crippen LogP) is 13.8. The van der Waals surface area contributed by atoms with Crippen molar-refractivity contribution < 1.29 is 120 Å². The minimum Gasteiger partial charge on any atom is -0.280 e. The molecule has 426 valence electrons. The number of pyridine rings is 1. The van der Waals surface area contributed by atoms with Crippen LogP contribution in [0, 0.1) is 10.1 Å². The number of halogens is 24. The van der Waals surface area contributed by atoms with E-state index in [9.17, 15) is 120 Å². The number of nitro groups is 1. The number of rotatable bonds is 9. The SMILES string of the molecule is FC(F)(F)c1cc([B-](c2cc(C(F)(F)F)cc(C(F)(F)F)c2)(c2cc(C(F)(F)F)cc(C(F)(F)F)c2)c2cc(C(F)(F)F)cc(C(F)(F)F)c2)cc(C(F)(F)F)c1.O=C(C[N+](=O)[O-])c1ccc2ccccc2[n+]1Cc1ccccc1. The highest BCUT2D eigenvalue weighted by Gasteiger charge is 2.47. The Morgan fingerprint density at radius 1 is 0.388 bits per heavy atom. The van der Waals surface area contributed by atoms with Crippen LogP contribution < -0.4 is 26.4 Å². The van der Waals surface area contributed by atoms with E-state index in [0.717, 1.165) is 16.5 Å². The molecule has 0 aliphatic rings. The molecule has 1 heterocycles. The van der Waals surface area contributed by atoms with E-state index in [-0.39, 0.29) is 0 Å². The Labute approximate surface area is 431 Å². The first-order valence-corrected chi connectivity index (χ1v) is 21.9. The van der Waals surface area contributed by atoms with Crippen molar-refractivity contribution in [2.24, 2.45) is 0 Å². The summed E-state index contributed by atoms with van der Waals surface area (Å²) < 4.78 is 343. The van der Waals surface area contributed by atoms with Gasteiger partial charge in [0.15, 0.2) is 6.54 Å². The van der Waals surface area contributed by atoms with E-state index < -0.39 is 212 Å². The third-order valence-corrected chi connectivity index (χ3v) is 12.1. The number of nitrogens with zero attached hydrogens (tertiary/aromatic N) is 2. The summed E-state index contributed by atoms with van der Waals surface area (Å²) in [4.78, 5) is 22.3. The van der Waals surface area contributed by atoms with Crippen molar-refractivity contribution in [3.8, 4) is 0 Å². The molecule has 0 bridgehead atoms. The predicted molar refractivity (Wildman–Crippen MR) is 236 cm³/mol. The number of fused-ring (bicyclic) bond motifs is 1. The molecular weight excluding hydrogens is 1140 g/mol. The number of para-hydroxylation sites is 1. The quantitative estimate of drug-likeness (QED) is 0.0361. The maximum atomic E-state index is 14.2. The molecule has 0 saturated heterocycles. The van der Waals surface area contributed by atoms with E-state index in [1.165, 1.54) is 0 Å². The summed E-state index contributed by atoms with van der Waals surface area (Å²) in [5.41, 5.74) is -27.9. The molecule has 80 heavy (non-hydrogen) atoms. The van der Waals surface area contributed by atoms with Crippen molar-refractivity contribution in [1.29, 1.82) is 0 Å². The third kappa shape index (κ3) is 13.8. The number of ketones is 1. The fourth-order valence-corrected chi connectivity index (χ4v) is 8.71. The molecule has 0 N–H and O–H groups in total. The second-order valence-electron chi connectivity index (χ2n) is 17.5. The molecule has 0 saturated carbocycles. The summed E-state index contributed by atoms with van der Waals surface area (Å²) in [5, 5.41) is 11.7. The van der Waals surface area contributed by atoms with Gasteiger partial charge in [-0.15, -0.1) is 0 Å². The molecular formula is C50H27BF24N2O3. The molecule has 0 aliphatic carbocycles. The molecule has 6 aromatic carbocycles. The monoisotopic (exact) mass is 1170 g/mol. The number of carbonyl (C=O) groups is 1. The molecule has 30 heteroatoms. The van der Waals surface area contributed by atoms with Crippen molar-refractivity contribution in [2.45, 2.75) is 56.0 Å². The van der Waals surface area contributed by atoms with E-state index in [0.29, 0.717) is 12.2 Å². The lowest BCUT2D eigenvalue weighted by Gasteiger charge is -2.46. The van der Waals surface area contributed by atoms with Gasteiger partial charge in [-0.25, -0.2) is 0 Å². The highest BCUT2D eigenvalue weighted by atomic mass is 19.4. The topological polar surface area (TPSA) is 64.1 Å². The second kappa shape index (κ2) is 21.3. The standard InChI is InChI=1S/C32H12BF24.C18H15N2O3/c34-25(35,36)13-1-14(26(37,38)39)6-21(5-13)33(22-7-15(27(40,41)42)2-16(8-22)28(43,44)45,23-9-17(29(46,47)48)3-18(10-23)30(49,50)51)24-11-19(31(52,53)54)4-20(12-24)32(55,56)57;21-18(13-20(22)23)17-11-10-15-8-4-5-9-16(15)19(17)12-14-6-2-1-3-7-14/h1-12H;1-11H,12-13H2/q-1;+1. The average Bonchev–Trinajstić information content (AvgIpc) is 3.33. The average molecular weight is 1170 g/mol. The Morgan fingerprint density at radius 3 is 0.938 bits per heavy atom. The van der Waals surface area contributed by atoms with Crippen LogP contribution >= 0.6 is 0 Å². The van der Waals surface area contributed by atoms with Crippen molar-refractivity contribution in [1.82, 2.24) is 0 Å². The van der Waals surface area contributed by atoms with Gasteiger partial charge in [-0.05, 0) is 36.4 Å². The normalized spacial score (nSPS) is 13.2. The Balaban J connectivity index is 0.000000370. The molecule has 0 amide bonds. The Hall–Kier alpha value is -7.82. The summed E-state index contributed by atoms with van der Waals surface area (Å²) in [5.74, 6) is -0.489. The summed E-state index contributed by atoms with van der Waals surface area (Å²) in [6.45, 7) is -0.214. The van der Waals surface area contributed by atoms with Gasteiger partial charge in [-0.2, -0.15) is 132 Å². The molecule has 0 radical (unpaired) electrons. The van der Waals surface area contributed by atoms with Crippen molar-refractivity contribution in [2.75, 3.05) is 6.54 Å². The molecule has 7 aromatic rings. The number of Topliss-reactive ketones (excluding diaryl/α,β-unsaturated/α-hetero) is 1. The van der Waals surface area contributed by atoms with Crippen LogP contribution in [0.1, 0.15) is 60.6 Å². The van der Waals surface area contributed by atoms with Crippen LogP contribution in [0.3, 0.4) is 0 Å². The van der Waals surface area contributed by atoms with Gasteiger partial charge >= 0.3 is 49.4 Å². The first-order valence-electron chi connectivity index (χ1n) is 21.9. The number of hydrogen-bond acceptors (Lipinski definition) is 3. The lowest BCUT2D eigenvalue weighted by molar-refractivity contribution is -0.664. The summed E-state index contributed by atoms with van der Waals surface area (Å²) in [6.07, 6.45) is -54.8. The van der Waals surface area contributed by atoms with E-state index in [2.05, 4.69) is 0 Å². The van der Waals surface area contributed by atoms with Gasteiger partial charge in [0.25, 0.3) is 18.0 Å². The zero-order chi connectivity index (χ0) is 60.1. The van der Waals surface area contributed by atoms with Crippen LogP contribution in [0.4, 0.5) is 105 Å². The van der Waals surface area contributed by atoms with Crippen LogP contribution in [0.5, 0.6) is 0 Å². The van der Waals surface area contributed by atoms with E-state index in [1.807, 2.05) is 65.2 Å². The fourth-order valence-electron chi connectivity index (χ4n) is 8.71. The fraction of sp³-hybridized carbons (Fsp3) is 0.200. The van der Waals surface area contributed by atoms with E-state index in [4.69, 9.17) is 0 Å². The number of alkyl halides is 24. The lowest BCUT2D eigenvalue weighted by atomic mass is 9.12. The van der Waals surface area contributed by atoms with Gasteiger partial charge in [0.05, 0.1) is 44.5 Å². The van der Waals surface area contributed by atoms with E-state index >= 15 is 0 Å². The maximum absolute atomic E-state index is 14.2. The minimum atomic E-state index is -6.13. The first kappa shape index (κ1) is 61.4. The van der Waals surface area contributed by atoms with Crippen molar-refractivity contribution in [3.63, 3.8) is 0 Å². The molecule has 0 fully saturated rings. The number of carbonyl (C=O) groups excluding carboxylic acids is 1. The molecule has 1 aromatic heterocycles. The number of aromatic nitrogens is 1. The Morgan fingerprint density at radius 2 is 0.662 bits per heavy atom. The van der Waals surface area contributed by atoms with Gasteiger partial charge < -0.3 is 0 Å². The van der Waals surface area contributed by atoms with Crippen LogP contribution in [-0.2, 0) is 56.0 Å². The Kier molecular flexibility index (Phi) is 16.4. The van der Waals surface area contributed by atoms with Gasteiger partial charge in [0.1, 0.15) is 6.15 Å². The molecule has 0 atom stereocenters. The number of benzene rings is 6. The van der Waals surface area contributed by atoms with Crippen molar-refractivity contribution >= 4 is 44.7 Å².